The number of benzene rings is 2. The van der Waals surface area contributed by atoms with E-state index in [0.717, 1.165) is 46.3 Å². The summed E-state index contributed by atoms with van der Waals surface area (Å²) < 4.78 is 10.9. The highest BCUT2D eigenvalue weighted by molar-refractivity contribution is 6.03. The van der Waals surface area contributed by atoms with Crippen LogP contribution in [0, 0.1) is 0 Å². The molecule has 6 nitrogen and oxygen atoms in total. The number of fused-ring (bicyclic) bond motifs is 2. The summed E-state index contributed by atoms with van der Waals surface area (Å²) in [6.45, 7) is 6.54. The Bertz CT molecular complexity index is 1150. The zero-order valence-electron chi connectivity index (χ0n) is 17.5. The van der Waals surface area contributed by atoms with Crippen LogP contribution in [0.15, 0.2) is 36.4 Å². The summed E-state index contributed by atoms with van der Waals surface area (Å²) in [5, 5.41) is 14.0. The molecule has 2 heterocycles. The van der Waals surface area contributed by atoms with Gasteiger partial charge in [-0.3, -0.25) is 4.79 Å². The highest BCUT2D eigenvalue weighted by Gasteiger charge is 2.51. The van der Waals surface area contributed by atoms with Crippen LogP contribution >= 0.6 is 0 Å². The van der Waals surface area contributed by atoms with E-state index in [1.54, 1.807) is 0 Å². The Balaban J connectivity index is 1.46. The molecule has 1 amide bonds. The molecule has 3 aromatic rings. The lowest BCUT2D eigenvalue weighted by molar-refractivity contribution is -0.118. The number of ether oxygens (including phenoxy) is 2. The number of hydrogen-bond acceptors (Lipinski definition) is 4. The molecule has 6 heteroatoms. The molecule has 1 aliphatic heterocycles. The van der Waals surface area contributed by atoms with Gasteiger partial charge in [-0.2, -0.15) is 0 Å². The minimum atomic E-state index is -0.538. The SMILES string of the molecule is CC(C)(C)c1cc2cc(NC(=O)C3(c4ccc5c(c4)OCO5)CC3)cc(CO)c2[nH]1. The molecule has 1 aromatic heterocycles. The predicted molar refractivity (Wildman–Crippen MR) is 115 cm³/mol. The average Bonchev–Trinajstić information content (AvgIpc) is 3.18. The second kappa shape index (κ2) is 6.51. The van der Waals surface area contributed by atoms with Crippen LogP contribution in [0.4, 0.5) is 5.69 Å². The highest BCUT2D eigenvalue weighted by Crippen LogP contribution is 2.51. The molecular formula is C24H26N2O4. The van der Waals surface area contributed by atoms with E-state index in [1.165, 1.54) is 0 Å². The highest BCUT2D eigenvalue weighted by atomic mass is 16.7. The van der Waals surface area contributed by atoms with E-state index in [-0.39, 0.29) is 24.7 Å². The Kier molecular flexibility index (Phi) is 4.12. The third kappa shape index (κ3) is 3.03. The lowest BCUT2D eigenvalue weighted by Crippen LogP contribution is -2.27. The molecule has 1 saturated carbocycles. The molecule has 0 unspecified atom stereocenters. The summed E-state index contributed by atoms with van der Waals surface area (Å²) in [7, 11) is 0. The van der Waals surface area contributed by atoms with Crippen molar-refractivity contribution in [3.05, 3.63) is 53.2 Å². The van der Waals surface area contributed by atoms with E-state index in [4.69, 9.17) is 9.47 Å². The smallest absolute Gasteiger partial charge is 0.235 e. The van der Waals surface area contributed by atoms with E-state index in [1.807, 2.05) is 30.3 Å². The monoisotopic (exact) mass is 406 g/mol. The number of carbonyl (C=O) groups excluding carboxylic acids is 1. The summed E-state index contributed by atoms with van der Waals surface area (Å²) in [4.78, 5) is 16.7. The second-order valence-corrected chi connectivity index (χ2v) is 9.29. The zero-order chi connectivity index (χ0) is 21.1. The van der Waals surface area contributed by atoms with E-state index < -0.39 is 5.41 Å². The van der Waals surface area contributed by atoms with E-state index >= 15 is 0 Å². The van der Waals surface area contributed by atoms with Crippen molar-refractivity contribution in [1.82, 2.24) is 4.98 Å². The topological polar surface area (TPSA) is 83.6 Å². The van der Waals surface area contributed by atoms with Gasteiger partial charge < -0.3 is 24.9 Å². The molecule has 30 heavy (non-hydrogen) atoms. The van der Waals surface area contributed by atoms with Crippen LogP contribution in [0.25, 0.3) is 10.9 Å². The molecule has 0 saturated heterocycles. The van der Waals surface area contributed by atoms with Crippen molar-refractivity contribution in [2.75, 3.05) is 12.1 Å². The quantitative estimate of drug-likeness (QED) is 0.601. The molecule has 1 aliphatic carbocycles. The number of H-pyrrole nitrogens is 1. The Morgan fingerprint density at radius 3 is 2.60 bits per heavy atom. The van der Waals surface area contributed by atoms with Gasteiger partial charge >= 0.3 is 0 Å². The van der Waals surface area contributed by atoms with Gasteiger partial charge in [-0.15, -0.1) is 0 Å². The van der Waals surface area contributed by atoms with Crippen LogP contribution in [0.3, 0.4) is 0 Å². The first-order valence-electron chi connectivity index (χ1n) is 10.3. The maximum Gasteiger partial charge on any atom is 0.235 e. The van der Waals surface area contributed by atoms with E-state index in [0.29, 0.717) is 11.4 Å². The second-order valence-electron chi connectivity index (χ2n) is 9.29. The van der Waals surface area contributed by atoms with Crippen LogP contribution < -0.4 is 14.8 Å². The summed E-state index contributed by atoms with van der Waals surface area (Å²) in [5.74, 6) is 1.38. The normalized spacial score (nSPS) is 16.7. The first-order valence-corrected chi connectivity index (χ1v) is 10.3. The number of aromatic nitrogens is 1. The minimum absolute atomic E-state index is 0.0313. The van der Waals surface area contributed by atoms with E-state index in [2.05, 4.69) is 37.1 Å². The Labute approximate surface area is 175 Å². The molecule has 0 atom stereocenters. The van der Waals surface area contributed by atoms with Crippen LogP contribution in [-0.2, 0) is 22.2 Å². The number of aliphatic hydroxyl groups is 1. The van der Waals surface area contributed by atoms with Crippen molar-refractivity contribution in [2.45, 2.75) is 51.0 Å². The van der Waals surface area contributed by atoms with Crippen LogP contribution in [0.5, 0.6) is 11.5 Å². The molecule has 0 bridgehead atoms. The van der Waals surface area contributed by atoms with Crippen molar-refractivity contribution in [3.63, 3.8) is 0 Å². The van der Waals surface area contributed by atoms with Crippen molar-refractivity contribution in [1.29, 1.82) is 0 Å². The number of aliphatic hydroxyl groups excluding tert-OH is 1. The number of rotatable bonds is 4. The van der Waals surface area contributed by atoms with Crippen molar-refractivity contribution in [3.8, 4) is 11.5 Å². The van der Waals surface area contributed by atoms with Crippen LogP contribution in [0.1, 0.15) is 50.4 Å². The molecule has 2 aliphatic rings. The minimum Gasteiger partial charge on any atom is -0.454 e. The van der Waals surface area contributed by atoms with Crippen molar-refractivity contribution >= 4 is 22.5 Å². The maximum absolute atomic E-state index is 13.2. The van der Waals surface area contributed by atoms with Gasteiger partial charge in [0.05, 0.1) is 17.5 Å². The summed E-state index contributed by atoms with van der Waals surface area (Å²) >= 11 is 0. The molecule has 0 radical (unpaired) electrons. The molecule has 1 fully saturated rings. The molecule has 3 N–H and O–H groups in total. The number of anilines is 1. The Hall–Kier alpha value is -2.99. The third-order valence-corrected chi connectivity index (χ3v) is 6.16. The lowest BCUT2D eigenvalue weighted by Gasteiger charge is -2.17. The van der Waals surface area contributed by atoms with Crippen molar-refractivity contribution < 1.29 is 19.4 Å². The number of carbonyl (C=O) groups is 1. The number of hydrogen-bond donors (Lipinski definition) is 3. The third-order valence-electron chi connectivity index (χ3n) is 6.16. The largest absolute Gasteiger partial charge is 0.454 e. The predicted octanol–water partition coefficient (Wildman–Crippen LogP) is 4.36. The van der Waals surface area contributed by atoms with Gasteiger partial charge in [0.25, 0.3) is 0 Å². The standard InChI is InChI=1S/C24H26N2O4/c1-23(2,3)20-10-14-8-17(9-15(12-27)21(14)26-20)25-22(28)24(6-7-24)16-4-5-18-19(11-16)30-13-29-18/h4-5,8-11,26-27H,6-7,12-13H2,1-3H3,(H,25,28). The van der Waals surface area contributed by atoms with Gasteiger partial charge in [-0.25, -0.2) is 0 Å². The maximum atomic E-state index is 13.2. The fourth-order valence-corrected chi connectivity index (χ4v) is 4.14. The summed E-state index contributed by atoms with van der Waals surface area (Å²) in [5.41, 5.74) is 3.85. The summed E-state index contributed by atoms with van der Waals surface area (Å²) in [6.07, 6.45) is 1.60. The summed E-state index contributed by atoms with van der Waals surface area (Å²) in [6, 6.07) is 11.6. The zero-order valence-corrected chi connectivity index (χ0v) is 17.5. The van der Waals surface area contributed by atoms with Crippen LogP contribution in [-0.4, -0.2) is 22.8 Å². The molecular weight excluding hydrogens is 380 g/mol. The molecule has 2 aromatic carbocycles. The first-order chi connectivity index (χ1) is 14.3. The van der Waals surface area contributed by atoms with Gasteiger partial charge in [0.1, 0.15) is 0 Å². The van der Waals surface area contributed by atoms with Crippen molar-refractivity contribution in [2.24, 2.45) is 0 Å². The van der Waals surface area contributed by atoms with Crippen LogP contribution in [0.2, 0.25) is 0 Å². The van der Waals surface area contributed by atoms with Gasteiger partial charge in [0, 0.05) is 27.7 Å². The van der Waals surface area contributed by atoms with Gasteiger partial charge in [0.15, 0.2) is 11.5 Å². The molecule has 5 rings (SSSR count). The first kappa shape index (κ1) is 19.0. The number of amides is 1. The van der Waals surface area contributed by atoms with E-state index in [9.17, 15) is 9.90 Å². The lowest BCUT2D eigenvalue weighted by atomic mass is 9.92. The number of nitrogens with one attached hydrogen (secondary N) is 2. The average molecular weight is 406 g/mol. The fraction of sp³-hybridized carbons (Fsp3) is 0.375. The van der Waals surface area contributed by atoms with Gasteiger partial charge in [0.2, 0.25) is 12.7 Å². The van der Waals surface area contributed by atoms with Gasteiger partial charge in [-0.1, -0.05) is 26.8 Å². The number of aromatic amines is 1. The molecule has 0 spiro atoms. The fourth-order valence-electron chi connectivity index (χ4n) is 4.14. The molecule has 156 valence electrons. The van der Waals surface area contributed by atoms with Gasteiger partial charge in [-0.05, 0) is 48.7 Å². The Morgan fingerprint density at radius 2 is 1.90 bits per heavy atom. The Morgan fingerprint density at radius 1 is 1.13 bits per heavy atom.